The number of halogens is 2. The van der Waals surface area contributed by atoms with E-state index in [9.17, 15) is 18.7 Å². The maximum absolute atomic E-state index is 13.7. The van der Waals surface area contributed by atoms with Gasteiger partial charge in [-0.3, -0.25) is 0 Å². The van der Waals surface area contributed by atoms with Crippen molar-refractivity contribution in [3.63, 3.8) is 0 Å². The fourth-order valence-corrected chi connectivity index (χ4v) is 2.44. The Morgan fingerprint density at radius 2 is 1.88 bits per heavy atom. The van der Waals surface area contributed by atoms with Crippen LogP contribution in [-0.4, -0.2) is 17.7 Å². The summed E-state index contributed by atoms with van der Waals surface area (Å²) in [5.74, 6) is -1.39. The van der Waals surface area contributed by atoms with Gasteiger partial charge in [-0.15, -0.1) is 0 Å². The van der Waals surface area contributed by atoms with E-state index in [-0.39, 0.29) is 12.1 Å². The summed E-state index contributed by atoms with van der Waals surface area (Å²) in [5.41, 5.74) is 1.84. The quantitative estimate of drug-likeness (QED) is 0.785. The lowest BCUT2D eigenvalue weighted by Gasteiger charge is -2.18. The van der Waals surface area contributed by atoms with Crippen LogP contribution in [0.1, 0.15) is 35.8 Å². The van der Waals surface area contributed by atoms with Gasteiger partial charge in [0.15, 0.2) is 0 Å². The van der Waals surface area contributed by atoms with Gasteiger partial charge in [0, 0.05) is 18.2 Å². The van der Waals surface area contributed by atoms with E-state index >= 15 is 0 Å². The van der Waals surface area contributed by atoms with Crippen LogP contribution in [0, 0.1) is 18.6 Å². The molecule has 4 nitrogen and oxygen atoms in total. The van der Waals surface area contributed by atoms with Crippen molar-refractivity contribution < 1.29 is 18.7 Å². The zero-order valence-corrected chi connectivity index (χ0v) is 13.5. The van der Waals surface area contributed by atoms with E-state index in [4.69, 9.17) is 0 Å². The SMILES string of the molecule is Cc1ccccc1C(O)CNC(=O)NC(C)c1ccc(F)cc1F. The normalized spacial score (nSPS) is 13.2. The first kappa shape index (κ1) is 17.9. The summed E-state index contributed by atoms with van der Waals surface area (Å²) < 4.78 is 26.6. The lowest BCUT2D eigenvalue weighted by molar-refractivity contribution is 0.172. The Morgan fingerprint density at radius 1 is 1.17 bits per heavy atom. The predicted molar refractivity (Wildman–Crippen MR) is 87.4 cm³/mol. The largest absolute Gasteiger partial charge is 0.387 e. The molecule has 2 aromatic carbocycles. The monoisotopic (exact) mass is 334 g/mol. The standard InChI is InChI=1S/C18H20F2N2O2/c1-11-5-3-4-6-14(11)17(23)10-21-18(24)22-12(2)15-8-7-13(19)9-16(15)20/h3-9,12,17,23H,10H2,1-2H3,(H2,21,22,24). The Hall–Kier alpha value is -2.47. The molecule has 3 N–H and O–H groups in total. The maximum Gasteiger partial charge on any atom is 0.315 e. The molecule has 2 amide bonds. The Kier molecular flexibility index (Phi) is 5.87. The van der Waals surface area contributed by atoms with Crippen LogP contribution in [-0.2, 0) is 0 Å². The first-order valence-corrected chi connectivity index (χ1v) is 7.61. The molecule has 0 aliphatic heterocycles. The molecule has 2 aromatic rings. The van der Waals surface area contributed by atoms with Crippen LogP contribution >= 0.6 is 0 Å². The van der Waals surface area contributed by atoms with Crippen LogP contribution in [0.3, 0.4) is 0 Å². The van der Waals surface area contributed by atoms with Crippen molar-refractivity contribution in [2.75, 3.05) is 6.54 Å². The van der Waals surface area contributed by atoms with Gasteiger partial charge in [0.25, 0.3) is 0 Å². The summed E-state index contributed by atoms with van der Waals surface area (Å²) in [6, 6.07) is 9.35. The van der Waals surface area contributed by atoms with Gasteiger partial charge >= 0.3 is 6.03 Å². The van der Waals surface area contributed by atoms with Gasteiger partial charge in [-0.2, -0.15) is 0 Å². The van der Waals surface area contributed by atoms with E-state index in [1.165, 1.54) is 6.07 Å². The van der Waals surface area contributed by atoms with Gasteiger partial charge in [-0.05, 0) is 31.0 Å². The number of urea groups is 1. The minimum absolute atomic E-state index is 0.0231. The smallest absolute Gasteiger partial charge is 0.315 e. The molecule has 0 saturated carbocycles. The van der Waals surface area contributed by atoms with E-state index < -0.39 is 29.8 Å². The summed E-state index contributed by atoms with van der Waals surface area (Å²) in [6.45, 7) is 3.49. The molecule has 0 spiro atoms. The molecule has 0 bridgehead atoms. The number of aryl methyl sites for hydroxylation is 1. The van der Waals surface area contributed by atoms with E-state index in [0.29, 0.717) is 0 Å². The number of carbonyl (C=O) groups excluding carboxylic acids is 1. The molecule has 0 fully saturated rings. The second kappa shape index (κ2) is 7.88. The van der Waals surface area contributed by atoms with Gasteiger partial charge in [-0.25, -0.2) is 13.6 Å². The first-order chi connectivity index (χ1) is 11.4. The fraction of sp³-hybridized carbons (Fsp3) is 0.278. The van der Waals surface area contributed by atoms with Gasteiger partial charge in [0.1, 0.15) is 11.6 Å². The second-order valence-electron chi connectivity index (χ2n) is 5.61. The van der Waals surface area contributed by atoms with Crippen LogP contribution in [0.4, 0.5) is 13.6 Å². The highest BCUT2D eigenvalue weighted by Crippen LogP contribution is 2.18. The molecular weight excluding hydrogens is 314 g/mol. The Bertz CT molecular complexity index is 722. The second-order valence-corrected chi connectivity index (χ2v) is 5.61. The topological polar surface area (TPSA) is 61.4 Å². The van der Waals surface area contributed by atoms with Crippen molar-refractivity contribution in [3.05, 3.63) is 70.8 Å². The first-order valence-electron chi connectivity index (χ1n) is 7.61. The predicted octanol–water partition coefficient (Wildman–Crippen LogP) is 3.37. The van der Waals surface area contributed by atoms with Crippen LogP contribution in [0.25, 0.3) is 0 Å². The van der Waals surface area contributed by atoms with Crippen molar-refractivity contribution >= 4 is 6.03 Å². The average Bonchev–Trinajstić information content (AvgIpc) is 2.52. The molecule has 128 valence electrons. The summed E-state index contributed by atoms with van der Waals surface area (Å²) in [4.78, 5) is 11.9. The summed E-state index contributed by atoms with van der Waals surface area (Å²) in [5, 5.41) is 15.2. The Balaban J connectivity index is 1.90. The van der Waals surface area contributed by atoms with Crippen LogP contribution in [0.5, 0.6) is 0 Å². The minimum Gasteiger partial charge on any atom is -0.387 e. The number of amides is 2. The van der Waals surface area contributed by atoms with Crippen molar-refractivity contribution in [2.24, 2.45) is 0 Å². The maximum atomic E-state index is 13.7. The summed E-state index contributed by atoms with van der Waals surface area (Å²) in [6.07, 6.45) is -0.838. The molecule has 2 unspecified atom stereocenters. The van der Waals surface area contributed by atoms with Gasteiger partial charge in [-0.1, -0.05) is 30.3 Å². The number of rotatable bonds is 5. The molecule has 2 rings (SSSR count). The lowest BCUT2D eigenvalue weighted by Crippen LogP contribution is -2.39. The molecule has 2 atom stereocenters. The van der Waals surface area contributed by atoms with E-state index in [1.54, 1.807) is 13.0 Å². The number of benzene rings is 2. The fourth-order valence-electron chi connectivity index (χ4n) is 2.44. The van der Waals surface area contributed by atoms with E-state index in [0.717, 1.165) is 23.3 Å². The zero-order valence-electron chi connectivity index (χ0n) is 13.5. The van der Waals surface area contributed by atoms with Crippen LogP contribution in [0.15, 0.2) is 42.5 Å². The Labute approximate surface area is 139 Å². The molecule has 0 saturated heterocycles. The number of nitrogens with one attached hydrogen (secondary N) is 2. The highest BCUT2D eigenvalue weighted by Gasteiger charge is 2.16. The lowest BCUT2D eigenvalue weighted by atomic mass is 10.0. The number of carbonyl (C=O) groups is 1. The average molecular weight is 334 g/mol. The van der Waals surface area contributed by atoms with Crippen molar-refractivity contribution in [3.8, 4) is 0 Å². The molecule has 0 aromatic heterocycles. The van der Waals surface area contributed by atoms with Crippen LogP contribution in [0.2, 0.25) is 0 Å². The minimum atomic E-state index is -0.838. The van der Waals surface area contributed by atoms with E-state index in [2.05, 4.69) is 10.6 Å². The molecule has 0 radical (unpaired) electrons. The van der Waals surface area contributed by atoms with Gasteiger partial charge in [0.2, 0.25) is 0 Å². The zero-order chi connectivity index (χ0) is 17.7. The number of hydrogen-bond donors (Lipinski definition) is 3. The number of aliphatic hydroxyl groups is 1. The molecule has 6 heteroatoms. The molecule has 0 heterocycles. The molecule has 0 aliphatic rings. The third-order valence-electron chi connectivity index (χ3n) is 3.78. The van der Waals surface area contributed by atoms with Gasteiger partial charge < -0.3 is 15.7 Å². The third kappa shape index (κ3) is 4.52. The molecular formula is C18H20F2N2O2. The number of hydrogen-bond acceptors (Lipinski definition) is 2. The van der Waals surface area contributed by atoms with Gasteiger partial charge in [0.05, 0.1) is 12.1 Å². The summed E-state index contributed by atoms with van der Waals surface area (Å²) >= 11 is 0. The highest BCUT2D eigenvalue weighted by molar-refractivity contribution is 5.74. The number of aliphatic hydroxyl groups excluding tert-OH is 1. The van der Waals surface area contributed by atoms with Crippen molar-refractivity contribution in [1.29, 1.82) is 0 Å². The molecule has 0 aliphatic carbocycles. The van der Waals surface area contributed by atoms with E-state index in [1.807, 2.05) is 25.1 Å². The summed E-state index contributed by atoms with van der Waals surface area (Å²) in [7, 11) is 0. The van der Waals surface area contributed by atoms with Crippen molar-refractivity contribution in [2.45, 2.75) is 26.0 Å². The Morgan fingerprint density at radius 3 is 2.54 bits per heavy atom. The third-order valence-corrected chi connectivity index (χ3v) is 3.78. The van der Waals surface area contributed by atoms with Crippen LogP contribution < -0.4 is 10.6 Å². The van der Waals surface area contributed by atoms with Crippen molar-refractivity contribution in [1.82, 2.24) is 10.6 Å². The molecule has 24 heavy (non-hydrogen) atoms. The highest BCUT2D eigenvalue weighted by atomic mass is 19.1.